The van der Waals surface area contributed by atoms with Crippen LogP contribution in [0.15, 0.2) is 29.2 Å². The van der Waals surface area contributed by atoms with Crippen LogP contribution in [0.5, 0.6) is 0 Å². The number of likely N-dealkylation sites (tertiary alicyclic amines) is 3. The maximum atomic E-state index is 13.8. The molecular weight excluding hydrogens is 560 g/mol. The number of nitrogens with zero attached hydrogens (tertiary/aromatic N) is 5. The standard InChI is InChI=1S/C29H40N6O6S/c1-17(18-7-9-22(10-8-18)42-41-40-32(5)6)34-21-13-25(27(34)37)33(15-21)16-23(31-28(38)39-29(2,3)4)26(36)35-20(14-30)11-19-12-24(19)35/h7-10,17,19-21,23-25H,11-13,15-16H2,1-6H3,(H,31,38)/t17-,19-,20+,21+,23+,24+,25+/m1/s1. The lowest BCUT2D eigenvalue weighted by molar-refractivity contribution is -0.340. The first-order chi connectivity index (χ1) is 19.9. The Morgan fingerprint density at radius 1 is 1.19 bits per heavy atom. The van der Waals surface area contributed by atoms with Crippen molar-refractivity contribution in [3.05, 3.63) is 29.8 Å². The molecule has 2 bridgehead atoms. The van der Waals surface area contributed by atoms with Crippen molar-refractivity contribution < 1.29 is 28.4 Å². The van der Waals surface area contributed by atoms with Gasteiger partial charge in [-0.1, -0.05) is 12.1 Å². The minimum atomic E-state index is -0.920. The van der Waals surface area contributed by atoms with Crippen molar-refractivity contribution >= 4 is 30.0 Å². The highest BCUT2D eigenvalue weighted by Gasteiger charge is 2.56. The van der Waals surface area contributed by atoms with E-state index in [-0.39, 0.29) is 42.5 Å². The fourth-order valence-electron chi connectivity index (χ4n) is 6.42. The minimum absolute atomic E-state index is 0.00730. The molecule has 12 nitrogen and oxygen atoms in total. The maximum absolute atomic E-state index is 13.8. The molecule has 1 aromatic carbocycles. The highest BCUT2D eigenvalue weighted by atomic mass is 32.2. The predicted molar refractivity (Wildman–Crippen MR) is 153 cm³/mol. The fourth-order valence-corrected chi connectivity index (χ4v) is 6.89. The summed E-state index contributed by atoms with van der Waals surface area (Å²) in [5.74, 6) is 0.0873. The number of fused-ring (bicyclic) bond motifs is 3. The predicted octanol–water partition coefficient (Wildman–Crippen LogP) is 2.87. The summed E-state index contributed by atoms with van der Waals surface area (Å²) in [5, 5.41) is 13.9. The molecule has 228 valence electrons. The number of ether oxygens (including phenoxy) is 1. The summed E-state index contributed by atoms with van der Waals surface area (Å²) in [5.41, 5.74) is 0.279. The number of hydrogen-bond acceptors (Lipinski definition) is 10. The van der Waals surface area contributed by atoms with Crippen molar-refractivity contribution in [3.63, 3.8) is 0 Å². The number of hydrogen-bond donors (Lipinski definition) is 1. The molecule has 4 fully saturated rings. The van der Waals surface area contributed by atoms with Gasteiger partial charge >= 0.3 is 6.09 Å². The van der Waals surface area contributed by atoms with Crippen LogP contribution in [0.25, 0.3) is 0 Å². The molecule has 0 aromatic heterocycles. The average molecular weight is 601 g/mol. The Bertz CT molecular complexity index is 1230. The van der Waals surface area contributed by atoms with E-state index in [2.05, 4.69) is 11.4 Å². The summed E-state index contributed by atoms with van der Waals surface area (Å²) >= 11 is 1.10. The number of piperazine rings is 1. The smallest absolute Gasteiger partial charge is 0.408 e. The third kappa shape index (κ3) is 6.53. The number of benzene rings is 1. The van der Waals surface area contributed by atoms with Gasteiger partial charge in [-0.05, 0) is 70.6 Å². The third-order valence-corrected chi connectivity index (χ3v) is 8.91. The molecule has 42 heavy (non-hydrogen) atoms. The van der Waals surface area contributed by atoms with Crippen molar-refractivity contribution in [2.45, 2.75) is 93.7 Å². The van der Waals surface area contributed by atoms with Gasteiger partial charge in [-0.25, -0.2) is 4.79 Å². The van der Waals surface area contributed by atoms with Gasteiger partial charge in [0.1, 0.15) is 17.7 Å². The first kappa shape index (κ1) is 30.6. The number of carbonyl (C=O) groups is 3. The van der Waals surface area contributed by atoms with E-state index in [0.29, 0.717) is 25.3 Å². The van der Waals surface area contributed by atoms with Crippen LogP contribution in [0, 0.1) is 17.2 Å². The van der Waals surface area contributed by atoms with E-state index in [1.54, 1.807) is 39.8 Å². The topological polar surface area (TPSA) is 128 Å². The Morgan fingerprint density at radius 3 is 2.52 bits per heavy atom. The molecule has 13 heteroatoms. The quantitative estimate of drug-likeness (QED) is 0.243. The lowest BCUT2D eigenvalue weighted by Crippen LogP contribution is -2.59. The second-order valence-electron chi connectivity index (χ2n) is 12.8. The maximum Gasteiger partial charge on any atom is 0.408 e. The van der Waals surface area contributed by atoms with E-state index in [0.717, 1.165) is 28.9 Å². The number of nitriles is 1. The Balaban J connectivity index is 1.24. The molecule has 0 unspecified atom stereocenters. The van der Waals surface area contributed by atoms with Crippen LogP contribution >= 0.6 is 12.0 Å². The zero-order valence-electron chi connectivity index (χ0n) is 25.0. The summed E-state index contributed by atoms with van der Waals surface area (Å²) < 4.78 is 10.6. The van der Waals surface area contributed by atoms with Gasteiger partial charge in [-0.2, -0.15) is 10.3 Å². The monoisotopic (exact) mass is 600 g/mol. The summed E-state index contributed by atoms with van der Waals surface area (Å²) in [6, 6.07) is 8.20. The molecule has 1 aromatic rings. The van der Waals surface area contributed by atoms with Crippen LogP contribution in [0.4, 0.5) is 4.79 Å². The zero-order chi connectivity index (χ0) is 30.3. The van der Waals surface area contributed by atoms with Gasteiger partial charge in [0.05, 0.1) is 30.2 Å². The zero-order valence-corrected chi connectivity index (χ0v) is 25.8. The van der Waals surface area contributed by atoms with E-state index >= 15 is 0 Å². The van der Waals surface area contributed by atoms with Crippen LogP contribution in [0.3, 0.4) is 0 Å². The van der Waals surface area contributed by atoms with Crippen LogP contribution in [0.2, 0.25) is 0 Å². The van der Waals surface area contributed by atoms with Crippen LogP contribution in [0.1, 0.15) is 58.6 Å². The molecule has 3 aliphatic heterocycles. The number of alkyl carbamates (subject to hydrolysis) is 1. The molecule has 5 rings (SSSR count). The Labute approximate surface area is 251 Å². The van der Waals surface area contributed by atoms with Gasteiger partial charge in [0, 0.05) is 44.2 Å². The van der Waals surface area contributed by atoms with Crippen molar-refractivity contribution in [1.29, 1.82) is 5.26 Å². The number of piperidine rings is 1. The molecule has 0 spiro atoms. The van der Waals surface area contributed by atoms with Crippen molar-refractivity contribution in [2.24, 2.45) is 5.92 Å². The Morgan fingerprint density at radius 2 is 1.90 bits per heavy atom. The Kier molecular flexibility index (Phi) is 8.74. The van der Waals surface area contributed by atoms with Gasteiger partial charge in [0.25, 0.3) is 0 Å². The third-order valence-electron chi connectivity index (χ3n) is 8.32. The lowest BCUT2D eigenvalue weighted by atomic mass is 10.1. The van der Waals surface area contributed by atoms with Gasteiger partial charge in [0.2, 0.25) is 11.8 Å². The van der Waals surface area contributed by atoms with E-state index < -0.39 is 23.8 Å². The van der Waals surface area contributed by atoms with Gasteiger partial charge in [-0.15, -0.1) is 9.32 Å². The van der Waals surface area contributed by atoms with E-state index in [1.165, 1.54) is 5.06 Å². The molecular formula is C29H40N6O6S. The molecule has 1 aliphatic carbocycles. The lowest BCUT2D eigenvalue weighted by Gasteiger charge is -2.39. The molecule has 1 N–H and O–H groups in total. The number of carbonyl (C=O) groups excluding carboxylic acids is 3. The molecule has 0 radical (unpaired) electrons. The number of nitrogens with one attached hydrogen (secondary N) is 1. The van der Waals surface area contributed by atoms with Crippen molar-refractivity contribution in [3.8, 4) is 6.07 Å². The first-order valence-corrected chi connectivity index (χ1v) is 15.2. The molecule has 3 saturated heterocycles. The SMILES string of the molecule is C[C@H](c1ccc(SOON(C)C)cc1)N1C(=O)[C@@H]2C[C@H]1CN2C[C@H](NC(=O)OC(C)(C)C)C(=O)N1[C@H](C#N)C[C@@H]2C[C@@H]21. The van der Waals surface area contributed by atoms with Gasteiger partial charge in [-0.3, -0.25) is 14.5 Å². The summed E-state index contributed by atoms with van der Waals surface area (Å²) in [6.45, 7) is 8.08. The van der Waals surface area contributed by atoms with Gasteiger partial charge < -0.3 is 19.9 Å². The molecule has 4 aliphatic rings. The summed E-state index contributed by atoms with van der Waals surface area (Å²) in [7, 11) is 3.45. The molecule has 3 heterocycles. The molecule has 1 saturated carbocycles. The summed E-state index contributed by atoms with van der Waals surface area (Å²) in [4.78, 5) is 51.6. The number of hydroxylamine groups is 2. The second kappa shape index (κ2) is 12.0. The number of rotatable bonds is 10. The van der Waals surface area contributed by atoms with Crippen LogP contribution in [-0.4, -0.2) is 101 Å². The van der Waals surface area contributed by atoms with Crippen LogP contribution in [-0.2, 0) is 23.6 Å². The number of amides is 3. The van der Waals surface area contributed by atoms with E-state index in [4.69, 9.17) is 14.1 Å². The highest BCUT2D eigenvalue weighted by molar-refractivity contribution is 7.94. The fraction of sp³-hybridized carbons (Fsp3) is 0.655. The molecule has 3 amide bonds. The van der Waals surface area contributed by atoms with Crippen molar-refractivity contribution in [1.82, 2.24) is 25.1 Å². The summed E-state index contributed by atoms with van der Waals surface area (Å²) in [6.07, 6.45) is 1.53. The second-order valence-corrected chi connectivity index (χ2v) is 13.6. The highest BCUT2D eigenvalue weighted by Crippen LogP contribution is 2.48. The largest absolute Gasteiger partial charge is 0.444 e. The van der Waals surface area contributed by atoms with Crippen LogP contribution < -0.4 is 5.32 Å². The Hall–Kier alpha value is -2.89. The van der Waals surface area contributed by atoms with E-state index in [1.807, 2.05) is 41.0 Å². The molecule has 7 atom stereocenters. The first-order valence-electron chi connectivity index (χ1n) is 14.4. The van der Waals surface area contributed by atoms with Crippen molar-refractivity contribution in [2.75, 3.05) is 27.2 Å². The van der Waals surface area contributed by atoms with Gasteiger partial charge in [0.15, 0.2) is 0 Å². The normalized spacial score (nSPS) is 28.0. The van der Waals surface area contributed by atoms with E-state index in [9.17, 15) is 19.6 Å². The average Bonchev–Trinajstić information content (AvgIpc) is 3.23. The minimum Gasteiger partial charge on any atom is -0.444 e.